The summed E-state index contributed by atoms with van der Waals surface area (Å²) in [5, 5.41) is 3.77. The van der Waals surface area contributed by atoms with Crippen molar-refractivity contribution >= 4 is 35.2 Å². The van der Waals surface area contributed by atoms with Gasteiger partial charge in [0.2, 0.25) is 11.8 Å². The van der Waals surface area contributed by atoms with Crippen LogP contribution in [0.5, 0.6) is 0 Å². The second kappa shape index (κ2) is 7.50. The van der Waals surface area contributed by atoms with E-state index in [2.05, 4.69) is 10.3 Å². The summed E-state index contributed by atoms with van der Waals surface area (Å²) in [5.74, 6) is -0.00900. The van der Waals surface area contributed by atoms with Gasteiger partial charge in [-0.1, -0.05) is 23.4 Å². The van der Waals surface area contributed by atoms with E-state index in [-0.39, 0.29) is 24.1 Å². The Hall–Kier alpha value is -1.27. The van der Waals surface area contributed by atoms with Crippen molar-refractivity contribution < 1.29 is 9.59 Å². The van der Waals surface area contributed by atoms with Gasteiger partial charge >= 0.3 is 0 Å². The van der Waals surface area contributed by atoms with Crippen LogP contribution in [0.4, 0.5) is 0 Å². The topological polar surface area (TPSA) is 62.3 Å². The number of likely N-dealkylation sites (tertiary alicyclic amines) is 1. The van der Waals surface area contributed by atoms with Gasteiger partial charge in [0.05, 0.1) is 17.3 Å². The summed E-state index contributed by atoms with van der Waals surface area (Å²) in [4.78, 5) is 29.3. The lowest BCUT2D eigenvalue weighted by atomic mass is 10.4. The minimum absolute atomic E-state index is 0.0169. The highest BCUT2D eigenvalue weighted by Crippen LogP contribution is 2.23. The minimum Gasteiger partial charge on any atom is -0.346 e. The van der Waals surface area contributed by atoms with Gasteiger partial charge in [0.1, 0.15) is 5.03 Å². The molecule has 1 aliphatic heterocycles. The highest BCUT2D eigenvalue weighted by atomic mass is 35.5. The number of nitrogens with zero attached hydrogens (tertiary/aromatic N) is 2. The number of nitrogens with one attached hydrogen (secondary N) is 1. The molecule has 20 heavy (non-hydrogen) atoms. The Balaban J connectivity index is 1.70. The first kappa shape index (κ1) is 15.1. The lowest BCUT2D eigenvalue weighted by Gasteiger charge is -2.15. The summed E-state index contributed by atoms with van der Waals surface area (Å²) in [5.41, 5.74) is 0. The second-order valence-corrected chi connectivity index (χ2v) is 5.81. The zero-order chi connectivity index (χ0) is 14.4. The largest absolute Gasteiger partial charge is 0.346 e. The van der Waals surface area contributed by atoms with E-state index in [1.165, 1.54) is 11.8 Å². The quantitative estimate of drug-likeness (QED) is 0.838. The molecule has 2 heterocycles. The molecule has 2 amide bonds. The first-order valence-electron chi connectivity index (χ1n) is 6.44. The normalized spacial score (nSPS) is 14.3. The van der Waals surface area contributed by atoms with E-state index in [1.54, 1.807) is 23.2 Å². The van der Waals surface area contributed by atoms with Gasteiger partial charge < -0.3 is 10.2 Å². The fraction of sp³-hybridized carbons (Fsp3) is 0.462. The molecule has 2 rings (SSSR count). The van der Waals surface area contributed by atoms with Gasteiger partial charge in [0, 0.05) is 19.3 Å². The Morgan fingerprint density at radius 1 is 1.40 bits per heavy atom. The monoisotopic (exact) mass is 313 g/mol. The summed E-state index contributed by atoms with van der Waals surface area (Å²) in [7, 11) is 0. The molecule has 1 saturated heterocycles. The number of hydrogen-bond donors (Lipinski definition) is 1. The third kappa shape index (κ3) is 4.38. The van der Waals surface area contributed by atoms with E-state index in [0.717, 1.165) is 25.9 Å². The zero-order valence-electron chi connectivity index (χ0n) is 11.0. The summed E-state index contributed by atoms with van der Waals surface area (Å²) in [6, 6.07) is 3.47. The molecule has 1 aromatic rings. The van der Waals surface area contributed by atoms with Crippen LogP contribution in [0, 0.1) is 0 Å². The van der Waals surface area contributed by atoms with Crippen LogP contribution in [0.25, 0.3) is 0 Å². The molecule has 5 nitrogen and oxygen atoms in total. The van der Waals surface area contributed by atoms with Crippen LogP contribution in [0.2, 0.25) is 5.02 Å². The smallest absolute Gasteiger partial charge is 0.241 e. The maximum Gasteiger partial charge on any atom is 0.241 e. The van der Waals surface area contributed by atoms with Crippen molar-refractivity contribution in [2.24, 2.45) is 0 Å². The van der Waals surface area contributed by atoms with Crippen molar-refractivity contribution in [3.63, 3.8) is 0 Å². The van der Waals surface area contributed by atoms with Crippen LogP contribution < -0.4 is 5.32 Å². The molecule has 0 saturated carbocycles. The van der Waals surface area contributed by atoms with Crippen molar-refractivity contribution in [2.75, 3.05) is 25.4 Å². The Bertz CT molecular complexity index is 492. The lowest BCUT2D eigenvalue weighted by molar-refractivity contribution is -0.131. The molecule has 1 aliphatic rings. The van der Waals surface area contributed by atoms with Crippen LogP contribution in [-0.2, 0) is 9.59 Å². The highest BCUT2D eigenvalue weighted by molar-refractivity contribution is 8.00. The van der Waals surface area contributed by atoms with E-state index in [9.17, 15) is 9.59 Å². The molecule has 0 radical (unpaired) electrons. The maximum absolute atomic E-state index is 11.7. The number of hydrogen-bond acceptors (Lipinski definition) is 4. The molecule has 0 atom stereocenters. The molecule has 0 spiro atoms. The fourth-order valence-corrected chi connectivity index (χ4v) is 2.91. The van der Waals surface area contributed by atoms with Crippen LogP contribution >= 0.6 is 23.4 Å². The van der Waals surface area contributed by atoms with Crippen molar-refractivity contribution in [3.05, 3.63) is 23.4 Å². The van der Waals surface area contributed by atoms with Gasteiger partial charge in [-0.3, -0.25) is 9.59 Å². The first-order valence-corrected chi connectivity index (χ1v) is 7.81. The van der Waals surface area contributed by atoms with E-state index in [0.29, 0.717) is 10.0 Å². The number of halogens is 1. The van der Waals surface area contributed by atoms with Crippen LogP contribution in [-0.4, -0.2) is 47.1 Å². The molecule has 1 N–H and O–H groups in total. The highest BCUT2D eigenvalue weighted by Gasteiger charge is 2.18. The SMILES string of the molecule is O=C(CSc1ncccc1Cl)NCC(=O)N1CCCC1. The molecule has 108 valence electrons. The summed E-state index contributed by atoms with van der Waals surface area (Å²) >= 11 is 7.20. The van der Waals surface area contributed by atoms with Crippen molar-refractivity contribution in [3.8, 4) is 0 Å². The molecule has 0 bridgehead atoms. The lowest BCUT2D eigenvalue weighted by Crippen LogP contribution is -2.39. The summed E-state index contributed by atoms with van der Waals surface area (Å²) < 4.78 is 0. The average molecular weight is 314 g/mol. The number of carbonyl (C=O) groups is 2. The van der Waals surface area contributed by atoms with Crippen LogP contribution in [0.1, 0.15) is 12.8 Å². The third-order valence-corrected chi connectivity index (χ3v) is 4.38. The molecular weight excluding hydrogens is 298 g/mol. The summed E-state index contributed by atoms with van der Waals surface area (Å²) in [6.45, 7) is 1.66. The molecule has 0 aliphatic carbocycles. The number of carbonyl (C=O) groups excluding carboxylic acids is 2. The minimum atomic E-state index is -0.190. The molecule has 0 unspecified atom stereocenters. The third-order valence-electron chi connectivity index (χ3n) is 2.96. The Labute approximate surface area is 127 Å². The average Bonchev–Trinajstić information content (AvgIpc) is 2.98. The Morgan fingerprint density at radius 3 is 2.85 bits per heavy atom. The van der Waals surface area contributed by atoms with Gasteiger partial charge in [0.15, 0.2) is 0 Å². The van der Waals surface area contributed by atoms with E-state index in [1.807, 2.05) is 0 Å². The number of amides is 2. The van der Waals surface area contributed by atoms with E-state index < -0.39 is 0 Å². The number of rotatable bonds is 5. The predicted molar refractivity (Wildman–Crippen MR) is 78.8 cm³/mol. The van der Waals surface area contributed by atoms with Gasteiger partial charge in [-0.2, -0.15) is 0 Å². The predicted octanol–water partition coefficient (Wildman–Crippen LogP) is 1.57. The summed E-state index contributed by atoms with van der Waals surface area (Å²) in [6.07, 6.45) is 3.73. The van der Waals surface area contributed by atoms with Crippen LogP contribution in [0.15, 0.2) is 23.4 Å². The Morgan fingerprint density at radius 2 is 2.15 bits per heavy atom. The number of pyridine rings is 1. The van der Waals surface area contributed by atoms with E-state index >= 15 is 0 Å². The molecule has 1 aromatic heterocycles. The van der Waals surface area contributed by atoms with Gasteiger partial charge in [-0.15, -0.1) is 0 Å². The van der Waals surface area contributed by atoms with Gasteiger partial charge in [0.25, 0.3) is 0 Å². The van der Waals surface area contributed by atoms with Crippen molar-refractivity contribution in [1.29, 1.82) is 0 Å². The van der Waals surface area contributed by atoms with Gasteiger partial charge in [-0.25, -0.2) is 4.98 Å². The molecule has 0 aromatic carbocycles. The first-order chi connectivity index (χ1) is 9.66. The van der Waals surface area contributed by atoms with Crippen molar-refractivity contribution in [2.45, 2.75) is 17.9 Å². The number of aromatic nitrogens is 1. The second-order valence-electron chi connectivity index (χ2n) is 4.44. The zero-order valence-corrected chi connectivity index (χ0v) is 12.5. The molecule has 1 fully saturated rings. The van der Waals surface area contributed by atoms with E-state index in [4.69, 9.17) is 11.6 Å². The fourth-order valence-electron chi connectivity index (χ4n) is 1.91. The van der Waals surface area contributed by atoms with Crippen molar-refractivity contribution in [1.82, 2.24) is 15.2 Å². The van der Waals surface area contributed by atoms with Gasteiger partial charge in [-0.05, 0) is 25.0 Å². The Kier molecular flexibility index (Phi) is 5.67. The van der Waals surface area contributed by atoms with Crippen LogP contribution in [0.3, 0.4) is 0 Å². The molecular formula is C13H16ClN3O2S. The molecule has 7 heteroatoms. The maximum atomic E-state index is 11.7. The number of thioether (sulfide) groups is 1. The standard InChI is InChI=1S/C13H16ClN3O2S/c14-10-4-3-5-15-13(10)20-9-11(18)16-8-12(19)17-6-1-2-7-17/h3-5H,1-2,6-9H2,(H,16,18).